The molecule has 0 fully saturated rings. The van der Waals surface area contributed by atoms with Gasteiger partial charge in [-0.05, 0) is 32.1 Å². The maximum absolute atomic E-state index is 12.0. The van der Waals surface area contributed by atoms with Crippen molar-refractivity contribution >= 4 is 23.8 Å². The number of carbonyl (C=O) groups excluding carboxylic acids is 4. The Hall–Kier alpha value is -2.56. The highest BCUT2D eigenvalue weighted by Gasteiger charge is 2.09. The zero-order valence-electron chi connectivity index (χ0n) is 18.4. The van der Waals surface area contributed by atoms with Crippen molar-refractivity contribution in [3.63, 3.8) is 0 Å². The fraction of sp³-hybridized carbons (Fsp3) is 0.727. The van der Waals surface area contributed by atoms with Gasteiger partial charge in [0.25, 0.3) is 0 Å². The molecule has 0 aromatic heterocycles. The number of nitrogens with one attached hydrogen (secondary N) is 1. The molecule has 8 heteroatoms. The van der Waals surface area contributed by atoms with E-state index in [1.807, 2.05) is 0 Å². The monoisotopic (exact) mass is 424 g/mol. The van der Waals surface area contributed by atoms with Gasteiger partial charge in [0.1, 0.15) is 5.78 Å². The van der Waals surface area contributed by atoms with Gasteiger partial charge in [0.2, 0.25) is 5.91 Å². The molecule has 0 bridgehead atoms. The van der Waals surface area contributed by atoms with E-state index in [0.717, 1.165) is 19.3 Å². The Bertz CT molecular complexity index is 570. The highest BCUT2D eigenvalue weighted by atomic mass is 16.5. The molecule has 8 nitrogen and oxygen atoms in total. The molecular formula is C22H36N2O6. The first kappa shape index (κ1) is 27.4. The molecule has 0 aliphatic rings. The lowest BCUT2D eigenvalue weighted by molar-refractivity contribution is -0.141. The Morgan fingerprint density at radius 3 is 2.33 bits per heavy atom. The van der Waals surface area contributed by atoms with Crippen molar-refractivity contribution in [3.8, 4) is 12.3 Å². The number of amides is 2. The second-order valence-corrected chi connectivity index (χ2v) is 7.07. The number of hydrogen-bond donors (Lipinski definition) is 1. The van der Waals surface area contributed by atoms with Crippen LogP contribution in [0.5, 0.6) is 0 Å². The molecular weight excluding hydrogens is 388 g/mol. The number of nitrogens with zero attached hydrogens (tertiary/aromatic N) is 1. The van der Waals surface area contributed by atoms with Gasteiger partial charge < -0.3 is 19.7 Å². The standard InChI is InChI=1S/C22H36N2O6/c1-4-5-12-19(25)13-7-6-10-16-23-22(28)30-18-11-17-24(2)20(26)14-8-9-15-21(27)29-3/h1H,5-18H2,2-3H3,(H,23,28). The van der Waals surface area contributed by atoms with E-state index in [9.17, 15) is 19.2 Å². The van der Waals surface area contributed by atoms with Gasteiger partial charge in [-0.1, -0.05) is 6.42 Å². The molecule has 0 heterocycles. The minimum absolute atomic E-state index is 0.00193. The number of terminal acetylenes is 1. The Morgan fingerprint density at radius 1 is 0.933 bits per heavy atom. The molecule has 1 N–H and O–H groups in total. The van der Waals surface area contributed by atoms with Crippen LogP contribution in [0.1, 0.15) is 70.6 Å². The van der Waals surface area contributed by atoms with Crippen LogP contribution >= 0.6 is 0 Å². The number of Topliss-reactive ketones (excluding diaryl/α,β-unsaturated/α-hetero) is 1. The van der Waals surface area contributed by atoms with Crippen LogP contribution in [0.4, 0.5) is 4.79 Å². The van der Waals surface area contributed by atoms with Gasteiger partial charge in [0.15, 0.2) is 0 Å². The summed E-state index contributed by atoms with van der Waals surface area (Å²) in [5.41, 5.74) is 0. The third kappa shape index (κ3) is 16.4. The third-order valence-electron chi connectivity index (χ3n) is 4.50. The number of carbonyl (C=O) groups is 4. The summed E-state index contributed by atoms with van der Waals surface area (Å²) < 4.78 is 9.64. The van der Waals surface area contributed by atoms with E-state index in [4.69, 9.17) is 11.2 Å². The summed E-state index contributed by atoms with van der Waals surface area (Å²) in [5, 5.41) is 2.67. The number of unbranched alkanes of at least 4 members (excludes halogenated alkanes) is 3. The van der Waals surface area contributed by atoms with Gasteiger partial charge in [-0.2, -0.15) is 0 Å². The average molecular weight is 425 g/mol. The normalized spacial score (nSPS) is 10.0. The van der Waals surface area contributed by atoms with E-state index in [1.54, 1.807) is 11.9 Å². The SMILES string of the molecule is C#CCCC(=O)CCCCCNC(=O)OCCCN(C)C(=O)CCCCC(=O)OC. The molecule has 0 aliphatic heterocycles. The summed E-state index contributed by atoms with van der Waals surface area (Å²) in [5.74, 6) is 2.37. The van der Waals surface area contributed by atoms with E-state index in [1.165, 1.54) is 7.11 Å². The number of rotatable bonds is 17. The van der Waals surface area contributed by atoms with E-state index in [2.05, 4.69) is 16.0 Å². The third-order valence-corrected chi connectivity index (χ3v) is 4.50. The second kappa shape index (κ2) is 18.5. The van der Waals surface area contributed by atoms with Crippen molar-refractivity contribution in [3.05, 3.63) is 0 Å². The summed E-state index contributed by atoms with van der Waals surface area (Å²) in [4.78, 5) is 47.6. The molecule has 0 atom stereocenters. The Balaban J connectivity index is 3.59. The van der Waals surface area contributed by atoms with Gasteiger partial charge in [-0.15, -0.1) is 12.3 Å². The fourth-order valence-electron chi connectivity index (χ4n) is 2.63. The molecule has 170 valence electrons. The van der Waals surface area contributed by atoms with Crippen LogP contribution in [-0.2, 0) is 23.9 Å². The molecule has 0 rings (SSSR count). The van der Waals surface area contributed by atoms with Gasteiger partial charge in [-0.25, -0.2) is 4.79 Å². The molecule has 30 heavy (non-hydrogen) atoms. The van der Waals surface area contributed by atoms with Gasteiger partial charge in [0, 0.05) is 52.2 Å². The molecule has 0 unspecified atom stereocenters. The van der Waals surface area contributed by atoms with Crippen LogP contribution in [-0.4, -0.2) is 62.5 Å². The molecule has 0 spiro atoms. The summed E-state index contributed by atoms with van der Waals surface area (Å²) >= 11 is 0. The molecule has 0 aromatic carbocycles. The lowest BCUT2D eigenvalue weighted by Crippen LogP contribution is -2.29. The quantitative estimate of drug-likeness (QED) is 0.219. The minimum atomic E-state index is -0.475. The van der Waals surface area contributed by atoms with Crippen LogP contribution in [0.3, 0.4) is 0 Å². The van der Waals surface area contributed by atoms with E-state index >= 15 is 0 Å². The number of ketones is 1. The molecule has 0 radical (unpaired) electrons. The topological polar surface area (TPSA) is 102 Å². The van der Waals surface area contributed by atoms with Crippen molar-refractivity contribution in [2.45, 2.75) is 70.6 Å². The number of esters is 1. The first-order chi connectivity index (χ1) is 14.4. The number of alkyl carbamates (subject to hydrolysis) is 1. The zero-order valence-corrected chi connectivity index (χ0v) is 18.4. The zero-order chi connectivity index (χ0) is 22.6. The highest BCUT2D eigenvalue weighted by molar-refractivity contribution is 5.78. The summed E-state index contributed by atoms with van der Waals surface area (Å²) in [6, 6.07) is 0. The molecule has 0 aromatic rings. The Morgan fingerprint density at radius 2 is 1.63 bits per heavy atom. The lowest BCUT2D eigenvalue weighted by atomic mass is 10.1. The van der Waals surface area contributed by atoms with Crippen LogP contribution in [0.15, 0.2) is 0 Å². The fourth-order valence-corrected chi connectivity index (χ4v) is 2.63. The first-order valence-corrected chi connectivity index (χ1v) is 10.6. The van der Waals surface area contributed by atoms with Crippen LogP contribution in [0.2, 0.25) is 0 Å². The maximum Gasteiger partial charge on any atom is 0.407 e. The van der Waals surface area contributed by atoms with E-state index in [0.29, 0.717) is 64.5 Å². The Labute approximate surface area is 180 Å². The predicted molar refractivity (Wildman–Crippen MR) is 114 cm³/mol. The summed E-state index contributed by atoms with van der Waals surface area (Å²) in [7, 11) is 3.05. The van der Waals surface area contributed by atoms with Crippen LogP contribution in [0.25, 0.3) is 0 Å². The molecule has 0 saturated heterocycles. The lowest BCUT2D eigenvalue weighted by Gasteiger charge is -2.17. The molecule has 2 amide bonds. The van der Waals surface area contributed by atoms with Crippen molar-refractivity contribution in [2.24, 2.45) is 0 Å². The largest absolute Gasteiger partial charge is 0.469 e. The van der Waals surface area contributed by atoms with Crippen molar-refractivity contribution in [1.82, 2.24) is 10.2 Å². The van der Waals surface area contributed by atoms with Crippen molar-refractivity contribution in [1.29, 1.82) is 0 Å². The van der Waals surface area contributed by atoms with Gasteiger partial charge in [0.05, 0.1) is 13.7 Å². The number of hydrogen-bond acceptors (Lipinski definition) is 6. The van der Waals surface area contributed by atoms with E-state index in [-0.39, 0.29) is 24.3 Å². The first-order valence-electron chi connectivity index (χ1n) is 10.6. The average Bonchev–Trinajstić information content (AvgIpc) is 2.74. The summed E-state index contributed by atoms with van der Waals surface area (Å²) in [6.07, 6.45) is 11.1. The van der Waals surface area contributed by atoms with Crippen LogP contribution in [0, 0.1) is 12.3 Å². The van der Waals surface area contributed by atoms with Crippen LogP contribution < -0.4 is 5.32 Å². The van der Waals surface area contributed by atoms with Gasteiger partial charge in [-0.3, -0.25) is 14.4 Å². The highest BCUT2D eigenvalue weighted by Crippen LogP contribution is 2.05. The minimum Gasteiger partial charge on any atom is -0.469 e. The maximum atomic E-state index is 12.0. The summed E-state index contributed by atoms with van der Waals surface area (Å²) in [6.45, 7) is 1.23. The van der Waals surface area contributed by atoms with Gasteiger partial charge >= 0.3 is 12.1 Å². The van der Waals surface area contributed by atoms with Crippen molar-refractivity contribution in [2.75, 3.05) is 33.9 Å². The molecule has 0 saturated carbocycles. The molecule has 0 aliphatic carbocycles. The number of methoxy groups -OCH3 is 1. The van der Waals surface area contributed by atoms with Crippen molar-refractivity contribution < 1.29 is 28.7 Å². The second-order valence-electron chi connectivity index (χ2n) is 7.07. The van der Waals surface area contributed by atoms with E-state index < -0.39 is 6.09 Å². The smallest absolute Gasteiger partial charge is 0.407 e. The Kier molecular flexibility index (Phi) is 16.9. The predicted octanol–water partition coefficient (Wildman–Crippen LogP) is 2.84. The number of ether oxygens (including phenoxy) is 2.